The van der Waals surface area contributed by atoms with Crippen molar-refractivity contribution in [2.75, 3.05) is 30.4 Å². The number of nitrogens with zero attached hydrogens (tertiary/aromatic N) is 2. The fourth-order valence-corrected chi connectivity index (χ4v) is 2.88. The van der Waals surface area contributed by atoms with Gasteiger partial charge in [-0.25, -0.2) is 0 Å². The number of carbonyl (C=O) groups excluding carboxylic acids is 1. The van der Waals surface area contributed by atoms with Crippen molar-refractivity contribution in [3.63, 3.8) is 0 Å². The molecule has 0 spiro atoms. The summed E-state index contributed by atoms with van der Waals surface area (Å²) in [6.07, 6.45) is 4.94. The Balaban J connectivity index is 0.00000225. The predicted octanol–water partition coefficient (Wildman–Crippen LogP) is 2.28. The molecule has 2 aromatic rings. The topological polar surface area (TPSA) is 94.2 Å². The molecule has 0 bridgehead atoms. The number of anilines is 3. The number of rotatable bonds is 5. The largest absolute Gasteiger partial charge is 0.381 e. The maximum absolute atomic E-state index is 12.7. The summed E-state index contributed by atoms with van der Waals surface area (Å²) in [7, 11) is 1.86. The monoisotopic (exact) mass is 365 g/mol. The Kier molecular flexibility index (Phi) is 6.41. The molecule has 0 atom stereocenters. The van der Waals surface area contributed by atoms with Crippen LogP contribution in [0, 0.1) is 5.41 Å². The van der Waals surface area contributed by atoms with Crippen LogP contribution in [0.15, 0.2) is 36.7 Å². The third-order valence-corrected chi connectivity index (χ3v) is 4.44. The first-order chi connectivity index (χ1) is 11.6. The highest BCUT2D eigenvalue weighted by atomic mass is 35.5. The quantitative estimate of drug-likeness (QED) is 0.755. The first-order valence-corrected chi connectivity index (χ1v) is 8.06. The molecule has 0 unspecified atom stereocenters. The van der Waals surface area contributed by atoms with Crippen molar-refractivity contribution in [1.29, 1.82) is 0 Å². The van der Waals surface area contributed by atoms with Gasteiger partial charge in [0, 0.05) is 44.4 Å². The number of hydrogen-bond acceptors (Lipinski definition) is 5. The Hall–Kier alpha value is -2.09. The lowest BCUT2D eigenvalue weighted by Gasteiger charge is -2.34. The fourth-order valence-electron chi connectivity index (χ4n) is 2.88. The van der Waals surface area contributed by atoms with Crippen LogP contribution in [0.4, 0.5) is 17.1 Å². The zero-order chi connectivity index (χ0) is 17.0. The van der Waals surface area contributed by atoms with Crippen molar-refractivity contribution in [2.24, 2.45) is 18.2 Å². The van der Waals surface area contributed by atoms with Crippen LogP contribution in [-0.2, 0) is 16.6 Å². The summed E-state index contributed by atoms with van der Waals surface area (Å²) in [5.74, 6) is -0.0353. The van der Waals surface area contributed by atoms with E-state index in [1.54, 1.807) is 10.9 Å². The summed E-state index contributed by atoms with van der Waals surface area (Å²) in [5.41, 5.74) is 7.87. The molecule has 1 aromatic carbocycles. The van der Waals surface area contributed by atoms with Crippen LogP contribution in [0.1, 0.15) is 12.8 Å². The van der Waals surface area contributed by atoms with E-state index in [2.05, 4.69) is 15.7 Å². The van der Waals surface area contributed by atoms with E-state index in [0.717, 1.165) is 17.1 Å². The Bertz CT molecular complexity index is 713. The normalized spacial score (nSPS) is 15.9. The molecule has 1 aliphatic heterocycles. The molecule has 25 heavy (non-hydrogen) atoms. The molecule has 4 N–H and O–H groups in total. The van der Waals surface area contributed by atoms with Crippen molar-refractivity contribution >= 4 is 35.4 Å². The number of aromatic nitrogens is 2. The molecule has 1 fully saturated rings. The first-order valence-electron chi connectivity index (χ1n) is 8.06. The molecule has 7 nitrogen and oxygen atoms in total. The number of hydrogen-bond donors (Lipinski definition) is 3. The van der Waals surface area contributed by atoms with Gasteiger partial charge < -0.3 is 21.1 Å². The number of nitrogens with one attached hydrogen (secondary N) is 2. The summed E-state index contributed by atoms with van der Waals surface area (Å²) in [4.78, 5) is 12.7. The lowest BCUT2D eigenvalue weighted by molar-refractivity contribution is -0.130. The molecule has 1 aliphatic rings. The molecule has 2 heterocycles. The highest BCUT2D eigenvalue weighted by molar-refractivity contribution is 5.96. The summed E-state index contributed by atoms with van der Waals surface area (Å²) < 4.78 is 7.09. The van der Waals surface area contributed by atoms with Gasteiger partial charge in [0.2, 0.25) is 5.91 Å². The molecule has 8 heteroatoms. The summed E-state index contributed by atoms with van der Waals surface area (Å²) in [6.45, 7) is 1.48. The number of benzene rings is 1. The molecule has 3 rings (SSSR count). The fraction of sp³-hybridized carbons (Fsp3) is 0.412. The third-order valence-electron chi connectivity index (χ3n) is 4.44. The van der Waals surface area contributed by atoms with Gasteiger partial charge in [-0.1, -0.05) is 6.07 Å². The summed E-state index contributed by atoms with van der Waals surface area (Å²) in [6, 6.07) is 7.60. The molecule has 1 aromatic heterocycles. The lowest BCUT2D eigenvalue weighted by Crippen LogP contribution is -2.46. The molecular weight excluding hydrogens is 342 g/mol. The third kappa shape index (κ3) is 4.50. The van der Waals surface area contributed by atoms with E-state index in [-0.39, 0.29) is 18.3 Å². The second kappa shape index (κ2) is 8.33. The van der Waals surface area contributed by atoms with Crippen LogP contribution in [-0.4, -0.2) is 35.4 Å². The van der Waals surface area contributed by atoms with E-state index in [1.165, 1.54) is 0 Å². The second-order valence-corrected chi connectivity index (χ2v) is 6.16. The Labute approximate surface area is 153 Å². The van der Waals surface area contributed by atoms with Crippen LogP contribution in [0.5, 0.6) is 0 Å². The van der Waals surface area contributed by atoms with Crippen LogP contribution in [0.2, 0.25) is 0 Å². The number of halogens is 1. The number of aryl methyl sites for hydroxylation is 1. The van der Waals surface area contributed by atoms with Gasteiger partial charge in [0.25, 0.3) is 0 Å². The molecular formula is C17H24ClN5O2. The Morgan fingerprint density at radius 1 is 1.32 bits per heavy atom. The van der Waals surface area contributed by atoms with Crippen molar-refractivity contribution < 1.29 is 9.53 Å². The molecule has 1 saturated heterocycles. The lowest BCUT2D eigenvalue weighted by atomic mass is 9.79. The van der Waals surface area contributed by atoms with E-state index < -0.39 is 5.41 Å². The zero-order valence-corrected chi connectivity index (χ0v) is 15.0. The van der Waals surface area contributed by atoms with Crippen LogP contribution in [0.3, 0.4) is 0 Å². The molecule has 0 saturated carbocycles. The Morgan fingerprint density at radius 2 is 2.04 bits per heavy atom. The standard InChI is InChI=1S/C17H23N5O2.ClH/c1-22-11-15(10-19-22)20-13-3-2-4-14(9-13)21-16(23)17(12-18)5-7-24-8-6-17;/h2-4,9-11,20H,5-8,12,18H2,1H3,(H,21,23);1H. The van der Waals surface area contributed by atoms with Gasteiger partial charge in [0.15, 0.2) is 0 Å². The van der Waals surface area contributed by atoms with Crippen LogP contribution < -0.4 is 16.4 Å². The van der Waals surface area contributed by atoms with Crippen molar-refractivity contribution in [2.45, 2.75) is 12.8 Å². The highest BCUT2D eigenvalue weighted by Gasteiger charge is 2.38. The van der Waals surface area contributed by atoms with E-state index >= 15 is 0 Å². The SMILES string of the molecule is Cl.Cn1cc(Nc2cccc(NC(=O)C3(CN)CCOCC3)c2)cn1. The first kappa shape index (κ1) is 19.2. The maximum Gasteiger partial charge on any atom is 0.232 e. The minimum atomic E-state index is -0.537. The average Bonchev–Trinajstić information content (AvgIpc) is 3.00. The number of ether oxygens (including phenoxy) is 1. The van der Waals surface area contributed by atoms with E-state index in [9.17, 15) is 4.79 Å². The minimum Gasteiger partial charge on any atom is -0.381 e. The molecule has 1 amide bonds. The maximum atomic E-state index is 12.7. The number of amides is 1. The van der Waals surface area contributed by atoms with Crippen molar-refractivity contribution in [3.8, 4) is 0 Å². The van der Waals surface area contributed by atoms with E-state index in [0.29, 0.717) is 32.6 Å². The van der Waals surface area contributed by atoms with Gasteiger partial charge in [-0.05, 0) is 31.0 Å². The van der Waals surface area contributed by atoms with Crippen LogP contribution >= 0.6 is 12.4 Å². The average molecular weight is 366 g/mol. The van der Waals surface area contributed by atoms with Gasteiger partial charge in [0.1, 0.15) is 0 Å². The summed E-state index contributed by atoms with van der Waals surface area (Å²) in [5, 5.41) is 10.4. The molecule has 0 radical (unpaired) electrons. The predicted molar refractivity (Wildman–Crippen MR) is 100 cm³/mol. The van der Waals surface area contributed by atoms with Gasteiger partial charge in [-0.15, -0.1) is 12.4 Å². The minimum absolute atomic E-state index is 0. The second-order valence-electron chi connectivity index (χ2n) is 6.16. The molecule has 0 aliphatic carbocycles. The van der Waals surface area contributed by atoms with Gasteiger partial charge in [-0.2, -0.15) is 5.10 Å². The van der Waals surface area contributed by atoms with Crippen molar-refractivity contribution in [3.05, 3.63) is 36.7 Å². The van der Waals surface area contributed by atoms with Gasteiger partial charge in [-0.3, -0.25) is 9.48 Å². The smallest absolute Gasteiger partial charge is 0.232 e. The van der Waals surface area contributed by atoms with Crippen LogP contribution in [0.25, 0.3) is 0 Å². The van der Waals surface area contributed by atoms with Gasteiger partial charge in [0.05, 0.1) is 17.3 Å². The Morgan fingerprint density at radius 3 is 2.68 bits per heavy atom. The number of nitrogens with two attached hydrogens (primary N) is 1. The van der Waals surface area contributed by atoms with Gasteiger partial charge >= 0.3 is 0 Å². The summed E-state index contributed by atoms with van der Waals surface area (Å²) >= 11 is 0. The van der Waals surface area contributed by atoms with E-state index in [1.807, 2.05) is 37.5 Å². The van der Waals surface area contributed by atoms with Crippen molar-refractivity contribution in [1.82, 2.24) is 9.78 Å². The van der Waals surface area contributed by atoms with E-state index in [4.69, 9.17) is 10.5 Å². The highest BCUT2D eigenvalue weighted by Crippen LogP contribution is 2.31. The number of carbonyl (C=O) groups is 1. The molecule has 136 valence electrons. The zero-order valence-electron chi connectivity index (χ0n) is 14.2.